The minimum Gasteiger partial charge on any atom is -0.543 e. The molecule has 5 nitrogen and oxygen atoms in total. The van der Waals surface area contributed by atoms with Crippen molar-refractivity contribution in [1.82, 2.24) is 15.0 Å². The van der Waals surface area contributed by atoms with Crippen molar-refractivity contribution in [3.05, 3.63) is 137 Å². The van der Waals surface area contributed by atoms with Crippen molar-refractivity contribution in [2.24, 2.45) is 0 Å². The van der Waals surface area contributed by atoms with Gasteiger partial charge < -0.3 is 19.9 Å². The molecule has 0 fully saturated rings. The first-order valence-corrected chi connectivity index (χ1v) is 14.5. The van der Waals surface area contributed by atoms with Gasteiger partial charge in [0.15, 0.2) is 0 Å². The quantitative estimate of drug-likeness (QED) is 0.133. The molecule has 0 saturated carbocycles. The molecular weight excluding hydrogens is 1020 g/mol. The predicted molar refractivity (Wildman–Crippen MR) is 156 cm³/mol. The third-order valence-corrected chi connectivity index (χ3v) is 6.61. The first kappa shape index (κ1) is 48.9. The molecule has 0 N–H and O–H groups in total. The summed E-state index contributed by atoms with van der Waals surface area (Å²) in [6.45, 7) is 0. The molecule has 58 heavy (non-hydrogen) atoms. The number of carboxylic acids is 1. The normalized spacial score (nSPS) is 12.3. The van der Waals surface area contributed by atoms with E-state index in [1.54, 1.807) is 24.3 Å². The minimum atomic E-state index is -5.11. The van der Waals surface area contributed by atoms with Crippen molar-refractivity contribution in [3.63, 3.8) is 0 Å². The van der Waals surface area contributed by atoms with Crippen LogP contribution < -0.4 is 5.11 Å². The Balaban J connectivity index is 0.000000325. The molecule has 0 aliphatic rings. The molecular formula is C34H14F18IrN3O2. The van der Waals surface area contributed by atoms with Gasteiger partial charge in [-0.25, -0.2) is 0 Å². The Labute approximate surface area is 325 Å². The Morgan fingerprint density at radius 1 is 0.466 bits per heavy atom. The Morgan fingerprint density at radius 2 is 0.828 bits per heavy atom. The maximum Gasteiger partial charge on any atom is 3.00 e. The molecule has 0 saturated heterocycles. The van der Waals surface area contributed by atoms with E-state index >= 15 is 0 Å². The summed E-state index contributed by atoms with van der Waals surface area (Å²) in [6.07, 6.45) is -27.8. The predicted octanol–water partition coefficient (Wildman–Crippen LogP) is 10.7. The Bertz CT molecular complexity index is 1930. The molecule has 0 aliphatic carbocycles. The van der Waals surface area contributed by atoms with Gasteiger partial charge >= 0.3 is 57.2 Å². The summed E-state index contributed by atoms with van der Waals surface area (Å²) in [5.41, 5.74) is -11.4. The molecule has 0 aliphatic heterocycles. The average Bonchev–Trinajstić information content (AvgIpc) is 3.10. The largest absolute Gasteiger partial charge is 3.00 e. The second kappa shape index (κ2) is 18.1. The van der Waals surface area contributed by atoms with E-state index in [0.717, 1.165) is 0 Å². The van der Waals surface area contributed by atoms with Crippen LogP contribution in [0.1, 0.15) is 43.9 Å². The van der Waals surface area contributed by atoms with Crippen LogP contribution in [0.3, 0.4) is 0 Å². The van der Waals surface area contributed by atoms with E-state index in [4.69, 9.17) is 0 Å². The Hall–Kier alpha value is -5.25. The second-order valence-corrected chi connectivity index (χ2v) is 10.7. The Kier molecular flexibility index (Phi) is 15.3. The number of halogens is 18. The van der Waals surface area contributed by atoms with E-state index in [1.165, 1.54) is 12.3 Å². The van der Waals surface area contributed by atoms with Crippen LogP contribution >= 0.6 is 0 Å². The fourth-order valence-corrected chi connectivity index (χ4v) is 3.97. The number of carbonyl (C=O) groups excluding carboxylic acids is 1. The first-order chi connectivity index (χ1) is 25.9. The van der Waals surface area contributed by atoms with Gasteiger partial charge in [-0.15, -0.1) is 47.5 Å². The van der Waals surface area contributed by atoms with E-state index in [1.807, 2.05) is 0 Å². The zero-order valence-corrected chi connectivity index (χ0v) is 29.8. The Morgan fingerprint density at radius 3 is 1.05 bits per heavy atom. The molecule has 0 bridgehead atoms. The van der Waals surface area contributed by atoms with Gasteiger partial charge in [0, 0.05) is 18.6 Å². The van der Waals surface area contributed by atoms with Crippen LogP contribution in [-0.4, -0.2) is 20.9 Å². The smallest absolute Gasteiger partial charge is 0.543 e. The van der Waals surface area contributed by atoms with Gasteiger partial charge in [0.2, 0.25) is 0 Å². The van der Waals surface area contributed by atoms with E-state index in [2.05, 4.69) is 15.0 Å². The molecule has 3 heterocycles. The molecule has 3 aromatic heterocycles. The minimum absolute atomic E-state index is 0. The summed E-state index contributed by atoms with van der Waals surface area (Å²) in [7, 11) is 0. The molecule has 0 spiro atoms. The van der Waals surface area contributed by atoms with Gasteiger partial charge in [0.25, 0.3) is 0 Å². The number of benzene rings is 2. The van der Waals surface area contributed by atoms with Crippen molar-refractivity contribution in [3.8, 4) is 22.5 Å². The maximum atomic E-state index is 12.7. The molecule has 5 aromatic rings. The van der Waals surface area contributed by atoms with E-state index in [0.29, 0.717) is 48.8 Å². The van der Waals surface area contributed by atoms with Crippen LogP contribution in [0.25, 0.3) is 22.5 Å². The van der Waals surface area contributed by atoms with Crippen LogP contribution in [0.15, 0.2) is 85.3 Å². The van der Waals surface area contributed by atoms with Gasteiger partial charge in [-0.2, -0.15) is 79.0 Å². The number of nitrogens with zero attached hydrogens (tertiary/aromatic N) is 3. The fourth-order valence-electron chi connectivity index (χ4n) is 3.97. The van der Waals surface area contributed by atoms with Gasteiger partial charge in [0.05, 0.1) is 22.8 Å². The SMILES string of the molecule is FC(F)(F)c1[c-]c(-c2ccc(C(F)(F)F)cn2)cc(C(F)(F)F)c1.FC(F)(F)c1[c-]c(-c2ccc(C(F)(F)F)cn2)cc(C(F)(F)F)c1.O=C([O-])c1ccccn1.[Ir+3]. The van der Waals surface area contributed by atoms with E-state index in [9.17, 15) is 88.9 Å². The van der Waals surface area contributed by atoms with E-state index < -0.39 is 98.9 Å². The molecule has 24 heteroatoms. The number of rotatable bonds is 3. The molecule has 5 rings (SSSR count). The van der Waals surface area contributed by atoms with Crippen LogP contribution in [0.5, 0.6) is 0 Å². The van der Waals surface area contributed by atoms with Gasteiger partial charge in [-0.1, -0.05) is 30.3 Å². The van der Waals surface area contributed by atoms with Crippen LogP contribution in [0, 0.1) is 12.1 Å². The molecule has 2 aromatic carbocycles. The third kappa shape index (κ3) is 14.0. The number of aromatic nitrogens is 3. The summed E-state index contributed by atoms with van der Waals surface area (Å²) in [5, 5.41) is 10.0. The zero-order chi connectivity index (χ0) is 43.4. The first-order valence-electron chi connectivity index (χ1n) is 14.5. The number of hydrogen-bond donors (Lipinski definition) is 0. The fraction of sp³-hybridized carbons (Fsp3) is 0.176. The van der Waals surface area contributed by atoms with Crippen molar-refractivity contribution in [1.29, 1.82) is 0 Å². The molecule has 0 unspecified atom stereocenters. The third-order valence-electron chi connectivity index (χ3n) is 6.61. The summed E-state index contributed by atoms with van der Waals surface area (Å²) in [4.78, 5) is 20.1. The standard InChI is InChI=1S/2C14H5F9N.C6H5NO2.Ir/c2*15-12(16,17)8-1-2-11(24-6-8)7-3-9(13(18,19)20)5-10(4-7)14(21,22)23;8-6(9)5-3-1-2-4-7-5;/h2*1-3,5-6H;1-4H,(H,8,9);/q2*-1;;+3/p-1. The number of carbonyl (C=O) groups is 1. The van der Waals surface area contributed by atoms with Crippen molar-refractivity contribution < 1.29 is 109 Å². The summed E-state index contributed by atoms with van der Waals surface area (Å²) in [6, 6.07) is 10.8. The van der Waals surface area contributed by atoms with Gasteiger partial charge in [-0.05, 0) is 45.8 Å². The summed E-state index contributed by atoms with van der Waals surface area (Å²) in [5.74, 6) is -1.24. The zero-order valence-electron chi connectivity index (χ0n) is 27.4. The monoisotopic (exact) mass is 1030 g/mol. The van der Waals surface area contributed by atoms with Gasteiger partial charge in [-0.3, -0.25) is 4.98 Å². The van der Waals surface area contributed by atoms with Crippen molar-refractivity contribution in [2.75, 3.05) is 0 Å². The second-order valence-electron chi connectivity index (χ2n) is 10.7. The number of alkyl halides is 18. The van der Waals surface area contributed by atoms with Crippen LogP contribution in [0.2, 0.25) is 0 Å². The molecule has 0 amide bonds. The number of hydrogen-bond acceptors (Lipinski definition) is 5. The summed E-state index contributed by atoms with van der Waals surface area (Å²) >= 11 is 0. The molecule has 0 atom stereocenters. The molecule has 312 valence electrons. The molecule has 0 radical (unpaired) electrons. The van der Waals surface area contributed by atoms with Crippen LogP contribution in [-0.2, 0) is 57.2 Å². The summed E-state index contributed by atoms with van der Waals surface area (Å²) < 4.78 is 227. The van der Waals surface area contributed by atoms with Crippen LogP contribution in [0.4, 0.5) is 79.0 Å². The number of pyridine rings is 3. The van der Waals surface area contributed by atoms with E-state index in [-0.39, 0.29) is 37.9 Å². The van der Waals surface area contributed by atoms with Gasteiger partial charge in [0.1, 0.15) is 0 Å². The topological polar surface area (TPSA) is 78.8 Å². The van der Waals surface area contributed by atoms with Crippen molar-refractivity contribution in [2.45, 2.75) is 37.1 Å². The number of carboxylic acid groups (broad SMARTS) is 1. The average molecular weight is 1030 g/mol. The van der Waals surface area contributed by atoms with Crippen molar-refractivity contribution >= 4 is 5.97 Å². The number of aromatic carboxylic acids is 1. The maximum absolute atomic E-state index is 12.7.